The van der Waals surface area contributed by atoms with Gasteiger partial charge in [0, 0.05) is 18.3 Å². The Balaban J connectivity index is 1.95. The summed E-state index contributed by atoms with van der Waals surface area (Å²) in [7, 11) is 0. The molecule has 1 aromatic heterocycles. The lowest BCUT2D eigenvalue weighted by Gasteiger charge is -2.24. The van der Waals surface area contributed by atoms with Crippen molar-refractivity contribution in [2.45, 2.75) is 51.4 Å². The third kappa shape index (κ3) is 3.06. The van der Waals surface area contributed by atoms with Crippen molar-refractivity contribution in [3.8, 4) is 0 Å². The Morgan fingerprint density at radius 3 is 2.39 bits per heavy atom. The van der Waals surface area contributed by atoms with Crippen LogP contribution in [0.2, 0.25) is 0 Å². The molecule has 0 radical (unpaired) electrons. The molecule has 0 aliphatic heterocycles. The Morgan fingerprint density at radius 1 is 1.28 bits per heavy atom. The number of nitrogens with zero attached hydrogens (tertiary/aromatic N) is 2. The van der Waals surface area contributed by atoms with Crippen LogP contribution in [0.4, 0.5) is 0 Å². The summed E-state index contributed by atoms with van der Waals surface area (Å²) in [6.45, 7) is 2.14. The van der Waals surface area contributed by atoms with E-state index in [0.717, 1.165) is 44.3 Å². The van der Waals surface area contributed by atoms with E-state index in [-0.39, 0.29) is 5.92 Å². The molecule has 98 valence electrons. The van der Waals surface area contributed by atoms with Crippen LogP contribution in [0.3, 0.4) is 0 Å². The second-order valence-corrected chi connectivity index (χ2v) is 5.09. The maximum Gasteiger partial charge on any atom is 0.306 e. The van der Waals surface area contributed by atoms with E-state index in [4.69, 9.17) is 5.11 Å². The fourth-order valence-electron chi connectivity index (χ4n) is 2.59. The Hall–Kier alpha value is -1.45. The number of hydrogen-bond acceptors (Lipinski definition) is 3. The van der Waals surface area contributed by atoms with Gasteiger partial charge in [0.05, 0.1) is 5.92 Å². The summed E-state index contributed by atoms with van der Waals surface area (Å²) in [5, 5.41) is 8.96. The van der Waals surface area contributed by atoms with Gasteiger partial charge in [-0.1, -0.05) is 13.3 Å². The van der Waals surface area contributed by atoms with Crippen molar-refractivity contribution in [2.24, 2.45) is 5.92 Å². The standard InChI is InChI=1S/C14H20N2O2/c1-2-3-10-8-15-13(16-9-10)11-4-6-12(7-5-11)14(17)18/h8-9,11-12H,2-7H2,1H3,(H,17,18). The predicted molar refractivity (Wildman–Crippen MR) is 68.4 cm³/mol. The Kier molecular flexibility index (Phi) is 4.28. The molecule has 18 heavy (non-hydrogen) atoms. The topological polar surface area (TPSA) is 63.1 Å². The maximum absolute atomic E-state index is 10.9. The second-order valence-electron chi connectivity index (χ2n) is 5.09. The van der Waals surface area contributed by atoms with Crippen LogP contribution in [0.5, 0.6) is 0 Å². The fourth-order valence-corrected chi connectivity index (χ4v) is 2.59. The van der Waals surface area contributed by atoms with Gasteiger partial charge in [-0.2, -0.15) is 0 Å². The molecule has 0 amide bonds. The Morgan fingerprint density at radius 2 is 1.89 bits per heavy atom. The van der Waals surface area contributed by atoms with Gasteiger partial charge in [0.25, 0.3) is 0 Å². The van der Waals surface area contributed by atoms with Crippen LogP contribution in [0.15, 0.2) is 12.4 Å². The van der Waals surface area contributed by atoms with Gasteiger partial charge in [0.15, 0.2) is 0 Å². The number of carbonyl (C=O) groups is 1. The molecule has 4 heteroatoms. The number of carboxylic acids is 1. The summed E-state index contributed by atoms with van der Waals surface area (Å²) in [6, 6.07) is 0. The van der Waals surface area contributed by atoms with Gasteiger partial charge in [-0.3, -0.25) is 4.79 Å². The largest absolute Gasteiger partial charge is 0.481 e. The summed E-state index contributed by atoms with van der Waals surface area (Å²) in [5.41, 5.74) is 1.18. The van der Waals surface area contributed by atoms with Crippen LogP contribution in [-0.2, 0) is 11.2 Å². The molecule has 1 aromatic rings. The molecule has 1 aliphatic carbocycles. The molecule has 0 atom stereocenters. The third-order valence-corrected chi connectivity index (χ3v) is 3.71. The van der Waals surface area contributed by atoms with E-state index in [1.165, 1.54) is 5.56 Å². The van der Waals surface area contributed by atoms with E-state index >= 15 is 0 Å². The highest BCUT2D eigenvalue weighted by Gasteiger charge is 2.27. The highest BCUT2D eigenvalue weighted by Crippen LogP contribution is 2.34. The van der Waals surface area contributed by atoms with Crippen molar-refractivity contribution in [2.75, 3.05) is 0 Å². The summed E-state index contributed by atoms with van der Waals surface area (Å²) in [4.78, 5) is 19.7. The maximum atomic E-state index is 10.9. The van der Waals surface area contributed by atoms with Crippen molar-refractivity contribution >= 4 is 5.97 Å². The van der Waals surface area contributed by atoms with E-state index in [2.05, 4.69) is 16.9 Å². The first-order valence-electron chi connectivity index (χ1n) is 6.74. The molecule has 0 spiro atoms. The van der Waals surface area contributed by atoms with E-state index < -0.39 is 5.97 Å². The zero-order valence-corrected chi connectivity index (χ0v) is 10.8. The van der Waals surface area contributed by atoms with Crippen LogP contribution < -0.4 is 0 Å². The van der Waals surface area contributed by atoms with Gasteiger partial charge in [-0.15, -0.1) is 0 Å². The van der Waals surface area contributed by atoms with Gasteiger partial charge in [0.2, 0.25) is 0 Å². The van der Waals surface area contributed by atoms with Crippen LogP contribution >= 0.6 is 0 Å². The lowest BCUT2D eigenvalue weighted by Crippen LogP contribution is -2.21. The molecule has 4 nitrogen and oxygen atoms in total. The Labute approximate surface area is 107 Å². The number of hydrogen-bond donors (Lipinski definition) is 1. The average Bonchev–Trinajstić information content (AvgIpc) is 2.40. The number of aliphatic carboxylic acids is 1. The molecular formula is C14H20N2O2. The Bertz CT molecular complexity index is 395. The minimum atomic E-state index is -0.660. The van der Waals surface area contributed by atoms with E-state index in [1.807, 2.05) is 12.4 Å². The van der Waals surface area contributed by atoms with Crippen LogP contribution in [0, 0.1) is 5.92 Å². The molecule has 0 unspecified atom stereocenters. The zero-order chi connectivity index (χ0) is 13.0. The van der Waals surface area contributed by atoms with Crippen molar-refractivity contribution in [3.05, 3.63) is 23.8 Å². The van der Waals surface area contributed by atoms with Crippen molar-refractivity contribution in [3.63, 3.8) is 0 Å². The highest BCUT2D eigenvalue weighted by molar-refractivity contribution is 5.70. The molecule has 0 bridgehead atoms. The average molecular weight is 248 g/mol. The van der Waals surface area contributed by atoms with E-state index in [9.17, 15) is 4.79 Å². The van der Waals surface area contributed by atoms with E-state index in [1.54, 1.807) is 0 Å². The molecule has 0 aromatic carbocycles. The number of aryl methyl sites for hydroxylation is 1. The monoisotopic (exact) mass is 248 g/mol. The molecule has 2 rings (SSSR count). The first kappa shape index (κ1) is 13.0. The molecule has 1 fully saturated rings. The number of carboxylic acid groups (broad SMARTS) is 1. The second kappa shape index (κ2) is 5.94. The minimum absolute atomic E-state index is 0.166. The van der Waals surface area contributed by atoms with Gasteiger partial charge < -0.3 is 5.11 Å². The van der Waals surface area contributed by atoms with Gasteiger partial charge in [0.1, 0.15) is 5.82 Å². The lowest BCUT2D eigenvalue weighted by atomic mass is 9.81. The van der Waals surface area contributed by atoms with Crippen molar-refractivity contribution in [1.29, 1.82) is 0 Å². The van der Waals surface area contributed by atoms with Gasteiger partial charge >= 0.3 is 5.97 Å². The van der Waals surface area contributed by atoms with Gasteiger partial charge in [-0.05, 0) is 37.7 Å². The molecule has 1 saturated carbocycles. The highest BCUT2D eigenvalue weighted by atomic mass is 16.4. The molecule has 1 aliphatic rings. The van der Waals surface area contributed by atoms with E-state index in [0.29, 0.717) is 5.92 Å². The predicted octanol–water partition coefficient (Wildman–Crippen LogP) is 2.79. The SMILES string of the molecule is CCCc1cnc(C2CCC(C(=O)O)CC2)nc1. The fraction of sp³-hybridized carbons (Fsp3) is 0.643. The summed E-state index contributed by atoms with van der Waals surface area (Å²) >= 11 is 0. The number of aromatic nitrogens is 2. The zero-order valence-electron chi connectivity index (χ0n) is 10.8. The molecular weight excluding hydrogens is 228 g/mol. The lowest BCUT2D eigenvalue weighted by molar-refractivity contribution is -0.142. The summed E-state index contributed by atoms with van der Waals surface area (Å²) in [5.74, 6) is 0.406. The normalized spacial score (nSPS) is 23.8. The molecule has 0 saturated heterocycles. The van der Waals surface area contributed by atoms with Crippen molar-refractivity contribution in [1.82, 2.24) is 9.97 Å². The van der Waals surface area contributed by atoms with Crippen LogP contribution in [0.25, 0.3) is 0 Å². The smallest absolute Gasteiger partial charge is 0.306 e. The quantitative estimate of drug-likeness (QED) is 0.890. The third-order valence-electron chi connectivity index (χ3n) is 3.71. The van der Waals surface area contributed by atoms with Gasteiger partial charge in [-0.25, -0.2) is 9.97 Å². The summed E-state index contributed by atoms with van der Waals surface area (Å²) in [6.07, 6.45) is 9.23. The van der Waals surface area contributed by atoms with Crippen molar-refractivity contribution < 1.29 is 9.90 Å². The first-order valence-corrected chi connectivity index (χ1v) is 6.74. The number of rotatable bonds is 4. The van der Waals surface area contributed by atoms with Crippen LogP contribution in [-0.4, -0.2) is 21.0 Å². The minimum Gasteiger partial charge on any atom is -0.481 e. The van der Waals surface area contributed by atoms with Crippen LogP contribution in [0.1, 0.15) is 56.3 Å². The molecule has 1 heterocycles. The molecule has 1 N–H and O–H groups in total. The first-order chi connectivity index (χ1) is 8.70. The summed E-state index contributed by atoms with van der Waals surface area (Å²) < 4.78 is 0.